The predicted octanol–water partition coefficient (Wildman–Crippen LogP) is 3.27. The van der Waals surface area contributed by atoms with Gasteiger partial charge in [-0.15, -0.1) is 23.1 Å². The van der Waals surface area contributed by atoms with Crippen molar-refractivity contribution in [2.45, 2.75) is 38.2 Å². The number of hydrogen-bond acceptors (Lipinski definition) is 5. The summed E-state index contributed by atoms with van der Waals surface area (Å²) in [6.45, 7) is 8.34. The van der Waals surface area contributed by atoms with E-state index in [4.69, 9.17) is 4.74 Å². The molecule has 1 rings (SSSR count). The highest BCUT2D eigenvalue weighted by Gasteiger charge is 2.17. The van der Waals surface area contributed by atoms with E-state index in [1.54, 1.807) is 0 Å². The largest absolute Gasteiger partial charge is 0.465 e. The summed E-state index contributed by atoms with van der Waals surface area (Å²) in [6.07, 6.45) is 0. The predicted molar refractivity (Wildman–Crippen MR) is 69.2 cm³/mol. The minimum absolute atomic E-state index is 0.213. The summed E-state index contributed by atoms with van der Waals surface area (Å²) in [6, 6.07) is 0. The van der Waals surface area contributed by atoms with Crippen molar-refractivity contribution in [2.24, 2.45) is 0 Å². The maximum Gasteiger partial charge on any atom is 0.349 e. The van der Waals surface area contributed by atoms with Gasteiger partial charge < -0.3 is 4.74 Å². The van der Waals surface area contributed by atoms with Crippen molar-refractivity contribution in [3.8, 4) is 0 Å². The van der Waals surface area contributed by atoms with Gasteiger partial charge in [-0.25, -0.2) is 9.78 Å². The zero-order valence-electron chi connectivity index (χ0n) is 10.3. The first-order chi connectivity index (χ1) is 7.33. The van der Waals surface area contributed by atoms with Gasteiger partial charge >= 0.3 is 5.97 Å². The number of aryl methyl sites for hydroxylation is 1. The van der Waals surface area contributed by atoms with Crippen molar-refractivity contribution in [3.05, 3.63) is 15.6 Å². The Balaban J connectivity index is 2.74. The molecule has 0 spiro atoms. The lowest BCUT2D eigenvalue weighted by Gasteiger charge is -2.15. The third-order valence-corrected chi connectivity index (χ3v) is 4.44. The van der Waals surface area contributed by atoms with E-state index >= 15 is 0 Å². The molecule has 0 aliphatic rings. The smallest absolute Gasteiger partial charge is 0.349 e. The molecular formula is C11H17NO2S2. The molecule has 1 aromatic rings. The number of ether oxygens (including phenoxy) is 1. The Labute approximate surface area is 105 Å². The van der Waals surface area contributed by atoms with Crippen LogP contribution in [0.5, 0.6) is 0 Å². The Bertz CT molecular complexity index is 380. The summed E-state index contributed by atoms with van der Waals surface area (Å²) >= 11 is 3.25. The lowest BCUT2D eigenvalue weighted by Crippen LogP contribution is -2.07. The number of hydrogen-bond donors (Lipinski definition) is 0. The van der Waals surface area contributed by atoms with Crippen molar-refractivity contribution in [1.82, 2.24) is 4.98 Å². The molecule has 0 aliphatic carbocycles. The van der Waals surface area contributed by atoms with Gasteiger partial charge in [0.25, 0.3) is 0 Å². The number of methoxy groups -OCH3 is 1. The topological polar surface area (TPSA) is 39.2 Å². The third-order valence-electron chi connectivity index (χ3n) is 1.84. The van der Waals surface area contributed by atoms with Crippen LogP contribution in [0.15, 0.2) is 0 Å². The van der Waals surface area contributed by atoms with Crippen LogP contribution >= 0.6 is 23.1 Å². The van der Waals surface area contributed by atoms with Gasteiger partial charge in [-0.3, -0.25) is 0 Å². The molecule has 16 heavy (non-hydrogen) atoms. The van der Waals surface area contributed by atoms with Crippen molar-refractivity contribution in [3.63, 3.8) is 0 Å². The molecule has 0 N–H and O–H groups in total. The van der Waals surface area contributed by atoms with E-state index in [-0.39, 0.29) is 10.7 Å². The summed E-state index contributed by atoms with van der Waals surface area (Å²) in [5, 5.41) is 0.984. The Morgan fingerprint density at radius 3 is 2.62 bits per heavy atom. The highest BCUT2D eigenvalue weighted by Crippen LogP contribution is 2.30. The Morgan fingerprint density at radius 1 is 1.50 bits per heavy atom. The van der Waals surface area contributed by atoms with E-state index in [1.807, 2.05) is 18.7 Å². The Morgan fingerprint density at radius 2 is 2.12 bits per heavy atom. The number of carbonyl (C=O) groups is 1. The second-order valence-corrected chi connectivity index (χ2v) is 7.30. The minimum atomic E-state index is -0.290. The molecule has 1 heterocycles. The molecule has 0 saturated heterocycles. The van der Waals surface area contributed by atoms with Crippen molar-refractivity contribution >= 4 is 29.1 Å². The highest BCUT2D eigenvalue weighted by atomic mass is 32.2. The molecule has 0 aromatic carbocycles. The van der Waals surface area contributed by atoms with Gasteiger partial charge in [0.1, 0.15) is 9.88 Å². The van der Waals surface area contributed by atoms with Gasteiger partial charge in [0, 0.05) is 10.5 Å². The van der Waals surface area contributed by atoms with Gasteiger partial charge in [0.2, 0.25) is 0 Å². The first kappa shape index (κ1) is 13.5. The van der Waals surface area contributed by atoms with Gasteiger partial charge in [-0.05, 0) is 6.92 Å². The van der Waals surface area contributed by atoms with Gasteiger partial charge in [0.15, 0.2) is 0 Å². The second kappa shape index (κ2) is 5.19. The van der Waals surface area contributed by atoms with E-state index < -0.39 is 0 Å². The van der Waals surface area contributed by atoms with Gasteiger partial charge in [-0.2, -0.15) is 0 Å². The quantitative estimate of drug-likeness (QED) is 0.781. The van der Waals surface area contributed by atoms with Crippen LogP contribution in [0.2, 0.25) is 0 Å². The normalized spacial score (nSPS) is 11.6. The van der Waals surface area contributed by atoms with Crippen LogP contribution in [0.4, 0.5) is 0 Å². The van der Waals surface area contributed by atoms with Crippen LogP contribution in [0.1, 0.15) is 41.1 Å². The van der Waals surface area contributed by atoms with E-state index in [2.05, 4.69) is 25.8 Å². The molecule has 3 nitrogen and oxygen atoms in total. The fourth-order valence-corrected chi connectivity index (χ4v) is 2.89. The molecule has 0 bridgehead atoms. The van der Waals surface area contributed by atoms with Crippen LogP contribution in [0.25, 0.3) is 0 Å². The standard InChI is InChI=1S/C11H17NO2S2/c1-7-9(10(13)14-5)16-8(12-7)6-15-11(2,3)4/h6H2,1-5H3. The molecular weight excluding hydrogens is 242 g/mol. The molecule has 0 saturated carbocycles. The SMILES string of the molecule is COC(=O)c1sc(CSC(C)(C)C)nc1C. The van der Waals surface area contributed by atoms with E-state index in [1.165, 1.54) is 18.4 Å². The van der Waals surface area contributed by atoms with Crippen molar-refractivity contribution < 1.29 is 9.53 Å². The number of esters is 1. The molecule has 0 radical (unpaired) electrons. The summed E-state index contributed by atoms with van der Waals surface area (Å²) in [4.78, 5) is 16.4. The lowest BCUT2D eigenvalue weighted by atomic mass is 10.3. The summed E-state index contributed by atoms with van der Waals surface area (Å²) in [7, 11) is 1.39. The minimum Gasteiger partial charge on any atom is -0.465 e. The molecule has 0 amide bonds. The fourth-order valence-electron chi connectivity index (χ4n) is 1.07. The Kier molecular flexibility index (Phi) is 4.38. The molecule has 0 aliphatic heterocycles. The molecule has 0 atom stereocenters. The van der Waals surface area contributed by atoms with Crippen LogP contribution in [-0.4, -0.2) is 22.8 Å². The first-order valence-electron chi connectivity index (χ1n) is 5.02. The number of thiazole rings is 1. The van der Waals surface area contributed by atoms with Crippen molar-refractivity contribution in [1.29, 1.82) is 0 Å². The van der Waals surface area contributed by atoms with Gasteiger partial charge in [0.05, 0.1) is 12.8 Å². The second-order valence-electron chi connectivity index (χ2n) is 4.41. The average molecular weight is 259 g/mol. The number of nitrogens with zero attached hydrogens (tertiary/aromatic N) is 1. The maximum atomic E-state index is 11.4. The number of carbonyl (C=O) groups excluding carboxylic acids is 1. The first-order valence-corrected chi connectivity index (χ1v) is 6.82. The van der Waals surface area contributed by atoms with Crippen LogP contribution < -0.4 is 0 Å². The maximum absolute atomic E-state index is 11.4. The molecule has 0 unspecified atom stereocenters. The monoisotopic (exact) mass is 259 g/mol. The Hall–Kier alpha value is -0.550. The van der Waals surface area contributed by atoms with E-state index in [0.29, 0.717) is 4.88 Å². The third kappa shape index (κ3) is 3.79. The molecule has 5 heteroatoms. The summed E-state index contributed by atoms with van der Waals surface area (Å²) < 4.78 is 4.91. The molecule has 90 valence electrons. The average Bonchev–Trinajstić information content (AvgIpc) is 2.55. The van der Waals surface area contributed by atoms with Crippen molar-refractivity contribution in [2.75, 3.05) is 7.11 Å². The fraction of sp³-hybridized carbons (Fsp3) is 0.636. The summed E-state index contributed by atoms with van der Waals surface area (Å²) in [5.74, 6) is 0.549. The molecule has 1 aromatic heterocycles. The van der Waals surface area contributed by atoms with Crippen LogP contribution in [0.3, 0.4) is 0 Å². The highest BCUT2D eigenvalue weighted by molar-refractivity contribution is 7.99. The molecule has 0 fully saturated rings. The zero-order valence-corrected chi connectivity index (χ0v) is 11.9. The number of aromatic nitrogens is 1. The van der Waals surface area contributed by atoms with Crippen LogP contribution in [0, 0.1) is 6.92 Å². The number of thioether (sulfide) groups is 1. The van der Waals surface area contributed by atoms with Gasteiger partial charge in [-0.1, -0.05) is 20.8 Å². The lowest BCUT2D eigenvalue weighted by molar-refractivity contribution is 0.0605. The summed E-state index contributed by atoms with van der Waals surface area (Å²) in [5.41, 5.74) is 0.765. The van der Waals surface area contributed by atoms with E-state index in [9.17, 15) is 4.79 Å². The van der Waals surface area contributed by atoms with E-state index in [0.717, 1.165) is 16.5 Å². The zero-order chi connectivity index (χ0) is 12.3. The number of rotatable bonds is 3. The van der Waals surface area contributed by atoms with Crippen LogP contribution in [-0.2, 0) is 10.5 Å².